The predicted octanol–water partition coefficient (Wildman–Crippen LogP) is 3.07. The molecule has 86 valence electrons. The molecule has 2 unspecified atom stereocenters. The molecule has 3 rings (SSSR count). The van der Waals surface area contributed by atoms with Gasteiger partial charge in [-0.1, -0.05) is 25.4 Å². The molecule has 3 heteroatoms. The van der Waals surface area contributed by atoms with Gasteiger partial charge in [-0.15, -0.1) is 0 Å². The number of nitrogens with zero attached hydrogens (tertiary/aromatic N) is 2. The highest BCUT2D eigenvalue weighted by Gasteiger charge is 2.56. The molecule has 0 aromatic carbocycles. The average Bonchev–Trinajstić information content (AvgIpc) is 2.77. The Hall–Kier alpha value is -0.760. The van der Waals surface area contributed by atoms with Crippen molar-refractivity contribution >= 4 is 17.4 Å². The maximum atomic E-state index is 5.84. The van der Waals surface area contributed by atoms with Crippen molar-refractivity contribution in [3.63, 3.8) is 0 Å². The summed E-state index contributed by atoms with van der Waals surface area (Å²) in [6, 6.07) is 3.95. The molecule has 0 radical (unpaired) electrons. The second-order valence-corrected chi connectivity index (χ2v) is 5.83. The van der Waals surface area contributed by atoms with Crippen LogP contribution in [-0.4, -0.2) is 18.1 Å². The number of aromatic nitrogens is 1. The van der Waals surface area contributed by atoms with Crippen molar-refractivity contribution in [3.8, 4) is 0 Å². The van der Waals surface area contributed by atoms with Crippen molar-refractivity contribution in [1.29, 1.82) is 0 Å². The van der Waals surface area contributed by atoms with E-state index in [0.29, 0.717) is 5.02 Å². The second kappa shape index (κ2) is 3.63. The smallest absolute Gasteiger partial charge is 0.128 e. The van der Waals surface area contributed by atoms with Crippen LogP contribution in [0.5, 0.6) is 0 Å². The zero-order chi connectivity index (χ0) is 11.3. The first kappa shape index (κ1) is 10.4. The fourth-order valence-corrected chi connectivity index (χ4v) is 3.42. The number of hydrogen-bond donors (Lipinski definition) is 0. The summed E-state index contributed by atoms with van der Waals surface area (Å²) in [6.45, 7) is 7.05. The van der Waals surface area contributed by atoms with Gasteiger partial charge in [-0.3, -0.25) is 0 Å². The van der Waals surface area contributed by atoms with Crippen molar-refractivity contribution in [1.82, 2.24) is 4.98 Å². The fourth-order valence-electron chi connectivity index (χ4n) is 3.30. The van der Waals surface area contributed by atoms with E-state index in [0.717, 1.165) is 29.5 Å². The average molecular weight is 237 g/mol. The number of rotatable bonds is 2. The van der Waals surface area contributed by atoms with E-state index in [4.69, 9.17) is 11.6 Å². The highest BCUT2D eigenvalue weighted by atomic mass is 35.5. The van der Waals surface area contributed by atoms with Gasteiger partial charge in [0.1, 0.15) is 5.82 Å². The molecule has 1 aliphatic heterocycles. The van der Waals surface area contributed by atoms with Crippen LogP contribution in [0.15, 0.2) is 18.3 Å². The highest BCUT2D eigenvalue weighted by molar-refractivity contribution is 6.30. The third-order valence-electron chi connectivity index (χ3n) is 4.07. The lowest BCUT2D eigenvalue weighted by molar-refractivity contribution is 0.479. The first-order chi connectivity index (χ1) is 7.66. The van der Waals surface area contributed by atoms with Gasteiger partial charge >= 0.3 is 0 Å². The van der Waals surface area contributed by atoms with Crippen molar-refractivity contribution in [3.05, 3.63) is 23.4 Å². The number of pyridine rings is 1. The van der Waals surface area contributed by atoms with E-state index < -0.39 is 0 Å². The molecular formula is C13H17ClN2. The maximum Gasteiger partial charge on any atom is 0.128 e. The Bertz CT molecular complexity index is 375. The standard InChI is InChI=1S/C13H17ClN2/c1-8(2)13-10-6-16(7-11(10)13)12-4-3-9(14)5-15-12/h3-5,8,10-11,13H,6-7H2,1-2H3. The summed E-state index contributed by atoms with van der Waals surface area (Å²) in [5.74, 6) is 4.72. The van der Waals surface area contributed by atoms with E-state index in [-0.39, 0.29) is 0 Å². The minimum atomic E-state index is 0.716. The van der Waals surface area contributed by atoms with E-state index >= 15 is 0 Å². The zero-order valence-electron chi connectivity index (χ0n) is 9.73. The maximum absolute atomic E-state index is 5.84. The number of fused-ring (bicyclic) bond motifs is 1. The molecule has 2 atom stereocenters. The number of halogens is 1. The monoisotopic (exact) mass is 236 g/mol. The zero-order valence-corrected chi connectivity index (χ0v) is 10.5. The number of piperidine rings is 1. The molecule has 0 amide bonds. The molecule has 0 spiro atoms. The lowest BCUT2D eigenvalue weighted by atomic mass is 10.0. The molecule has 0 bridgehead atoms. The molecule has 2 fully saturated rings. The van der Waals surface area contributed by atoms with Gasteiger partial charge in [0.15, 0.2) is 0 Å². The van der Waals surface area contributed by atoms with Crippen LogP contribution in [0.4, 0.5) is 5.82 Å². The summed E-state index contributed by atoms with van der Waals surface area (Å²) in [7, 11) is 0. The van der Waals surface area contributed by atoms with E-state index in [1.807, 2.05) is 12.1 Å². The van der Waals surface area contributed by atoms with Crippen molar-refractivity contribution < 1.29 is 0 Å². The summed E-state index contributed by atoms with van der Waals surface area (Å²) < 4.78 is 0. The van der Waals surface area contributed by atoms with Crippen molar-refractivity contribution in [2.24, 2.45) is 23.7 Å². The van der Waals surface area contributed by atoms with Gasteiger partial charge in [-0.2, -0.15) is 0 Å². The summed E-state index contributed by atoms with van der Waals surface area (Å²) in [4.78, 5) is 6.77. The Labute approximate surface area is 102 Å². The van der Waals surface area contributed by atoms with Gasteiger partial charge < -0.3 is 4.90 Å². The van der Waals surface area contributed by atoms with Gasteiger partial charge in [0.05, 0.1) is 5.02 Å². The van der Waals surface area contributed by atoms with Gasteiger partial charge in [-0.25, -0.2) is 4.98 Å². The molecule has 2 heterocycles. The number of hydrogen-bond acceptors (Lipinski definition) is 2. The topological polar surface area (TPSA) is 16.1 Å². The molecule has 0 N–H and O–H groups in total. The SMILES string of the molecule is CC(C)C1C2CN(c3ccc(Cl)cn3)CC21. The molecule has 16 heavy (non-hydrogen) atoms. The Morgan fingerprint density at radius 2 is 2.00 bits per heavy atom. The van der Waals surface area contributed by atoms with Gasteiger partial charge in [0, 0.05) is 19.3 Å². The van der Waals surface area contributed by atoms with Crippen LogP contribution in [0.25, 0.3) is 0 Å². The van der Waals surface area contributed by atoms with Crippen LogP contribution in [0, 0.1) is 23.7 Å². The Kier molecular flexibility index (Phi) is 2.36. The first-order valence-electron chi connectivity index (χ1n) is 6.03. The molecule has 2 nitrogen and oxygen atoms in total. The Morgan fingerprint density at radius 3 is 2.50 bits per heavy atom. The molecule has 1 saturated heterocycles. The summed E-state index contributed by atoms with van der Waals surface area (Å²) >= 11 is 5.84. The summed E-state index contributed by atoms with van der Waals surface area (Å²) in [6.07, 6.45) is 1.74. The molecular weight excluding hydrogens is 220 g/mol. The molecule has 1 aromatic heterocycles. The lowest BCUT2D eigenvalue weighted by Crippen LogP contribution is -2.25. The van der Waals surface area contributed by atoms with Crippen molar-refractivity contribution in [2.75, 3.05) is 18.0 Å². The van der Waals surface area contributed by atoms with Crippen LogP contribution < -0.4 is 4.90 Å². The van der Waals surface area contributed by atoms with Crippen molar-refractivity contribution in [2.45, 2.75) is 13.8 Å². The molecule has 2 aliphatic rings. The second-order valence-electron chi connectivity index (χ2n) is 5.39. The van der Waals surface area contributed by atoms with Crippen LogP contribution in [0.3, 0.4) is 0 Å². The van der Waals surface area contributed by atoms with E-state index in [2.05, 4.69) is 23.7 Å². The molecule has 1 aromatic rings. The Balaban J connectivity index is 1.67. The van der Waals surface area contributed by atoms with Crippen LogP contribution in [-0.2, 0) is 0 Å². The van der Waals surface area contributed by atoms with E-state index in [9.17, 15) is 0 Å². The van der Waals surface area contributed by atoms with Crippen LogP contribution in [0.1, 0.15) is 13.8 Å². The normalized spacial score (nSPS) is 32.0. The van der Waals surface area contributed by atoms with Crippen LogP contribution in [0.2, 0.25) is 5.02 Å². The molecule has 1 saturated carbocycles. The number of anilines is 1. The third-order valence-corrected chi connectivity index (χ3v) is 4.29. The summed E-state index contributed by atoms with van der Waals surface area (Å²) in [5.41, 5.74) is 0. The quantitative estimate of drug-likeness (QED) is 0.785. The highest BCUT2D eigenvalue weighted by Crippen LogP contribution is 2.55. The first-order valence-corrected chi connectivity index (χ1v) is 6.41. The minimum Gasteiger partial charge on any atom is -0.356 e. The minimum absolute atomic E-state index is 0.716. The lowest BCUT2D eigenvalue weighted by Gasteiger charge is -2.21. The van der Waals surface area contributed by atoms with Gasteiger partial charge in [0.2, 0.25) is 0 Å². The Morgan fingerprint density at radius 1 is 1.31 bits per heavy atom. The fraction of sp³-hybridized carbons (Fsp3) is 0.615. The predicted molar refractivity (Wildman–Crippen MR) is 66.8 cm³/mol. The van der Waals surface area contributed by atoms with E-state index in [1.165, 1.54) is 13.1 Å². The van der Waals surface area contributed by atoms with E-state index in [1.54, 1.807) is 6.20 Å². The third kappa shape index (κ3) is 1.60. The molecule has 1 aliphatic carbocycles. The largest absolute Gasteiger partial charge is 0.356 e. The van der Waals surface area contributed by atoms with Gasteiger partial charge in [0.25, 0.3) is 0 Å². The summed E-state index contributed by atoms with van der Waals surface area (Å²) in [5, 5.41) is 0.716. The van der Waals surface area contributed by atoms with Crippen LogP contribution >= 0.6 is 11.6 Å². The van der Waals surface area contributed by atoms with Gasteiger partial charge in [-0.05, 0) is 35.8 Å².